The largest absolute Gasteiger partial charge is 0.512 e. The van der Waals surface area contributed by atoms with Gasteiger partial charge in [-0.05, 0) is 12.5 Å². The molecule has 0 aromatic heterocycles. The molecule has 1 aliphatic rings. The van der Waals surface area contributed by atoms with Crippen molar-refractivity contribution in [1.29, 1.82) is 5.26 Å². The van der Waals surface area contributed by atoms with Crippen LogP contribution in [0.3, 0.4) is 0 Å². The summed E-state index contributed by atoms with van der Waals surface area (Å²) in [4.78, 5) is 1.55. The molecule has 0 radical (unpaired) electrons. The van der Waals surface area contributed by atoms with Crippen LogP contribution in [0, 0.1) is 11.8 Å². The monoisotopic (exact) mass is 164 g/mol. The lowest BCUT2D eigenvalue weighted by Gasteiger charge is -2.10. The van der Waals surface area contributed by atoms with E-state index in [1.54, 1.807) is 4.90 Å². The van der Waals surface area contributed by atoms with Crippen molar-refractivity contribution in [3.63, 3.8) is 0 Å². The molecule has 1 rings (SSSR count). The van der Waals surface area contributed by atoms with E-state index in [1.807, 2.05) is 0 Å². The van der Waals surface area contributed by atoms with Crippen LogP contribution in [0.4, 0.5) is 0 Å². The van der Waals surface area contributed by atoms with Gasteiger partial charge in [0, 0.05) is 12.5 Å². The van der Waals surface area contributed by atoms with Gasteiger partial charge in [-0.3, -0.25) is 4.90 Å². The van der Waals surface area contributed by atoms with Crippen LogP contribution >= 0.6 is 0 Å². The Bertz CT molecular complexity index is 189. The molecule has 1 aliphatic heterocycles. The number of nitrogens with one attached hydrogen (secondary N) is 1. The molecule has 0 amide bonds. The third-order valence-electron chi connectivity index (χ3n) is 1.91. The third-order valence-corrected chi connectivity index (χ3v) is 1.91. The molecule has 1 heterocycles. The summed E-state index contributed by atoms with van der Waals surface area (Å²) in [6.45, 7) is 10.4. The van der Waals surface area contributed by atoms with Crippen LogP contribution in [0.25, 0.3) is 0 Å². The molecule has 2 nitrogen and oxygen atoms in total. The van der Waals surface area contributed by atoms with Gasteiger partial charge in [-0.2, -0.15) is 0 Å². The van der Waals surface area contributed by atoms with Crippen molar-refractivity contribution in [2.75, 3.05) is 6.54 Å². The fourth-order valence-electron chi connectivity index (χ4n) is 1.35. The Morgan fingerprint density at radius 1 is 1.42 bits per heavy atom. The molecule has 0 fully saturated rings. The average molecular weight is 164 g/mol. The van der Waals surface area contributed by atoms with Crippen molar-refractivity contribution < 1.29 is 4.90 Å². The molecule has 0 aliphatic carbocycles. The summed E-state index contributed by atoms with van der Waals surface area (Å²) in [6, 6.07) is 0. The van der Waals surface area contributed by atoms with Crippen molar-refractivity contribution in [1.82, 2.24) is 0 Å². The minimum atomic E-state index is 1.18. The first kappa shape index (κ1) is 10.9. The van der Waals surface area contributed by atoms with Gasteiger partial charge in [0.15, 0.2) is 0 Å². The molecule has 0 saturated heterocycles. The summed E-state index contributed by atoms with van der Waals surface area (Å²) in [6.07, 6.45) is 9.07. The van der Waals surface area contributed by atoms with Crippen LogP contribution in [0.1, 0.15) is 26.7 Å². The van der Waals surface area contributed by atoms with Gasteiger partial charge in [0.05, 0.1) is 12.7 Å². The SMILES string of the molecule is CCC[NH+]1C=CC=C1CC.[C-]#N. The first-order valence-electron chi connectivity index (χ1n) is 4.34. The third kappa shape index (κ3) is 2.89. The Morgan fingerprint density at radius 2 is 2.08 bits per heavy atom. The molecule has 66 valence electrons. The Hall–Kier alpha value is -1.07. The van der Waals surface area contributed by atoms with Crippen molar-refractivity contribution >= 4 is 0 Å². The molecule has 0 bridgehead atoms. The van der Waals surface area contributed by atoms with Gasteiger partial charge in [-0.25, -0.2) is 0 Å². The van der Waals surface area contributed by atoms with Crippen molar-refractivity contribution in [2.45, 2.75) is 26.7 Å². The lowest BCUT2D eigenvalue weighted by molar-refractivity contribution is -0.803. The topological polar surface area (TPSA) is 28.2 Å². The number of hydrogen-bond acceptors (Lipinski definition) is 1. The van der Waals surface area contributed by atoms with Gasteiger partial charge >= 0.3 is 0 Å². The van der Waals surface area contributed by atoms with Crippen molar-refractivity contribution in [3.8, 4) is 0 Å². The van der Waals surface area contributed by atoms with E-state index < -0.39 is 0 Å². The predicted octanol–water partition coefficient (Wildman–Crippen LogP) is 1.20. The molecule has 0 aromatic carbocycles. The van der Waals surface area contributed by atoms with Crippen LogP contribution in [-0.2, 0) is 0 Å². The van der Waals surface area contributed by atoms with Crippen LogP contribution in [-0.4, -0.2) is 6.54 Å². The van der Waals surface area contributed by atoms with Gasteiger partial charge in [0.2, 0.25) is 0 Å². The number of allylic oxidation sites excluding steroid dienone is 3. The Morgan fingerprint density at radius 3 is 2.58 bits per heavy atom. The van der Waals surface area contributed by atoms with Crippen LogP contribution in [0.5, 0.6) is 0 Å². The van der Waals surface area contributed by atoms with Crippen LogP contribution in [0.2, 0.25) is 0 Å². The number of rotatable bonds is 3. The second-order valence-corrected chi connectivity index (χ2v) is 2.68. The quantitative estimate of drug-likeness (QED) is 0.624. The van der Waals surface area contributed by atoms with Gasteiger partial charge in [-0.15, -0.1) is 0 Å². The fourth-order valence-corrected chi connectivity index (χ4v) is 1.35. The highest BCUT2D eigenvalue weighted by Gasteiger charge is 2.12. The molecule has 2 heteroatoms. The van der Waals surface area contributed by atoms with E-state index in [4.69, 9.17) is 11.8 Å². The summed E-state index contributed by atoms with van der Waals surface area (Å²) >= 11 is 0. The Balaban J connectivity index is 0.000000561. The fraction of sp³-hybridized carbons (Fsp3) is 0.500. The van der Waals surface area contributed by atoms with E-state index in [0.29, 0.717) is 0 Å². The maximum atomic E-state index is 6.25. The maximum Gasteiger partial charge on any atom is 0.112 e. The minimum Gasteiger partial charge on any atom is -0.512 e. The Kier molecular flexibility index (Phi) is 6.04. The number of nitrogens with zero attached hydrogens (tertiary/aromatic N) is 1. The van der Waals surface area contributed by atoms with E-state index in [2.05, 4.69) is 32.2 Å². The van der Waals surface area contributed by atoms with Crippen molar-refractivity contribution in [3.05, 3.63) is 30.6 Å². The zero-order chi connectivity index (χ0) is 9.40. The number of hydrogen-bond donors (Lipinski definition) is 1. The first-order chi connectivity index (χ1) is 5.88. The highest BCUT2D eigenvalue weighted by Crippen LogP contribution is 1.95. The van der Waals surface area contributed by atoms with E-state index in [9.17, 15) is 0 Å². The van der Waals surface area contributed by atoms with Crippen LogP contribution < -0.4 is 4.90 Å². The summed E-state index contributed by atoms with van der Waals surface area (Å²) in [5, 5.41) is 6.25. The predicted molar refractivity (Wildman–Crippen MR) is 48.6 cm³/mol. The van der Waals surface area contributed by atoms with Gasteiger partial charge in [-0.1, -0.05) is 13.8 Å². The van der Waals surface area contributed by atoms with Crippen molar-refractivity contribution in [2.24, 2.45) is 0 Å². The van der Waals surface area contributed by atoms with Crippen LogP contribution in [0.15, 0.2) is 24.0 Å². The van der Waals surface area contributed by atoms with Gasteiger partial charge < -0.3 is 11.8 Å². The van der Waals surface area contributed by atoms with E-state index in [0.717, 1.165) is 0 Å². The normalized spacial score (nSPS) is 19.7. The second-order valence-electron chi connectivity index (χ2n) is 2.68. The highest BCUT2D eigenvalue weighted by molar-refractivity contribution is 5.09. The summed E-state index contributed by atoms with van der Waals surface area (Å²) in [5.74, 6) is 0. The second kappa shape index (κ2) is 6.63. The Labute approximate surface area is 74.8 Å². The van der Waals surface area contributed by atoms with E-state index >= 15 is 0 Å². The minimum absolute atomic E-state index is 1.18. The summed E-state index contributed by atoms with van der Waals surface area (Å²) in [7, 11) is 0. The molecular weight excluding hydrogens is 148 g/mol. The molecule has 0 aromatic rings. The number of quaternary nitrogens is 1. The molecule has 0 spiro atoms. The molecule has 1 unspecified atom stereocenters. The zero-order valence-corrected chi connectivity index (χ0v) is 7.80. The highest BCUT2D eigenvalue weighted by atomic mass is 15.1. The summed E-state index contributed by atoms with van der Waals surface area (Å²) in [5.41, 5.74) is 1.53. The lowest BCUT2D eigenvalue weighted by atomic mass is 10.3. The smallest absolute Gasteiger partial charge is 0.112 e. The molecule has 1 atom stereocenters. The first-order valence-corrected chi connectivity index (χ1v) is 4.34. The molecular formula is C10H16N2. The molecule has 12 heavy (non-hydrogen) atoms. The maximum absolute atomic E-state index is 6.25. The molecule has 1 N–H and O–H groups in total. The van der Waals surface area contributed by atoms with Gasteiger partial charge in [0.25, 0.3) is 0 Å². The standard InChI is InChI=1S/C9H15N.CN/c1-3-7-10-8-5-6-9(10)4-2;1-2/h5-6,8H,3-4,7H2,1-2H3;/q;-1/p+1. The summed E-state index contributed by atoms with van der Waals surface area (Å²) < 4.78 is 0. The molecule has 0 saturated carbocycles. The van der Waals surface area contributed by atoms with E-state index in [-0.39, 0.29) is 0 Å². The van der Waals surface area contributed by atoms with E-state index in [1.165, 1.54) is 25.1 Å². The van der Waals surface area contributed by atoms with Gasteiger partial charge in [0.1, 0.15) is 5.70 Å². The lowest BCUT2D eigenvalue weighted by Crippen LogP contribution is -3.04. The average Bonchev–Trinajstić information content (AvgIpc) is 2.56. The zero-order valence-electron chi connectivity index (χ0n) is 7.80.